The summed E-state index contributed by atoms with van der Waals surface area (Å²) in [5.41, 5.74) is 7.55. The summed E-state index contributed by atoms with van der Waals surface area (Å²) >= 11 is 0. The van der Waals surface area contributed by atoms with Gasteiger partial charge in [-0.1, -0.05) is 13.8 Å². The van der Waals surface area contributed by atoms with Gasteiger partial charge >= 0.3 is 0 Å². The van der Waals surface area contributed by atoms with Crippen molar-refractivity contribution in [3.8, 4) is 0 Å². The SMILES string of the molecule is C[C@@H]([C@H]1CC[C@H]2[C@@H]3CC[C@H]4C[C@@H](N)CC[C@]4(C)[C@H]3CC[C@]12C)N(C)C.Cl.Cl. The van der Waals surface area contributed by atoms with Crippen molar-refractivity contribution in [3.63, 3.8) is 0 Å². The van der Waals surface area contributed by atoms with Crippen LogP contribution in [0.25, 0.3) is 0 Å². The van der Waals surface area contributed by atoms with Crippen LogP contribution in [0.4, 0.5) is 0 Å². The number of fused-ring (bicyclic) bond motifs is 5. The summed E-state index contributed by atoms with van der Waals surface area (Å²) in [6, 6.07) is 1.21. The van der Waals surface area contributed by atoms with E-state index in [0.29, 0.717) is 16.9 Å². The van der Waals surface area contributed by atoms with Crippen LogP contribution in [0.2, 0.25) is 0 Å². The molecule has 0 aliphatic heterocycles. The lowest BCUT2D eigenvalue weighted by molar-refractivity contribution is -0.116. The number of halogens is 2. The highest BCUT2D eigenvalue weighted by Crippen LogP contribution is 2.67. The first-order chi connectivity index (χ1) is 11.8. The van der Waals surface area contributed by atoms with Gasteiger partial charge in [0.1, 0.15) is 0 Å². The summed E-state index contributed by atoms with van der Waals surface area (Å²) < 4.78 is 0. The summed E-state index contributed by atoms with van der Waals surface area (Å²) in [6.07, 6.45) is 12.9. The van der Waals surface area contributed by atoms with E-state index < -0.39 is 0 Å². The Morgan fingerprint density at radius 3 is 2.15 bits per heavy atom. The fourth-order valence-corrected chi connectivity index (χ4v) is 8.48. The van der Waals surface area contributed by atoms with Crippen molar-refractivity contribution in [2.45, 2.75) is 90.6 Å². The van der Waals surface area contributed by atoms with Crippen LogP contribution in [0.15, 0.2) is 0 Å². The highest BCUT2D eigenvalue weighted by Gasteiger charge is 2.60. The summed E-state index contributed by atoms with van der Waals surface area (Å²) in [5.74, 6) is 4.81. The molecule has 27 heavy (non-hydrogen) atoms. The van der Waals surface area contributed by atoms with E-state index in [0.717, 1.165) is 35.6 Å². The highest BCUT2D eigenvalue weighted by atomic mass is 35.5. The first-order valence-electron chi connectivity index (χ1n) is 11.2. The molecule has 2 nitrogen and oxygen atoms in total. The normalized spacial score (nSPS) is 49.9. The average Bonchev–Trinajstić information content (AvgIpc) is 2.92. The Balaban J connectivity index is 0.00000131. The van der Waals surface area contributed by atoms with E-state index in [9.17, 15) is 0 Å². The molecule has 0 bridgehead atoms. The van der Waals surface area contributed by atoms with Crippen molar-refractivity contribution in [3.05, 3.63) is 0 Å². The molecule has 160 valence electrons. The van der Waals surface area contributed by atoms with Crippen LogP contribution in [-0.2, 0) is 0 Å². The van der Waals surface area contributed by atoms with Gasteiger partial charge in [0.05, 0.1) is 0 Å². The average molecular weight is 420 g/mol. The van der Waals surface area contributed by atoms with Crippen LogP contribution < -0.4 is 5.73 Å². The van der Waals surface area contributed by atoms with Gasteiger partial charge in [-0.3, -0.25) is 0 Å². The van der Waals surface area contributed by atoms with Gasteiger partial charge < -0.3 is 10.6 Å². The van der Waals surface area contributed by atoms with Gasteiger partial charge in [0, 0.05) is 12.1 Å². The highest BCUT2D eigenvalue weighted by molar-refractivity contribution is 5.85. The van der Waals surface area contributed by atoms with Crippen LogP contribution in [-0.4, -0.2) is 31.1 Å². The van der Waals surface area contributed by atoms with Crippen LogP contribution in [0.1, 0.15) is 78.6 Å². The molecular weight excluding hydrogens is 375 g/mol. The summed E-state index contributed by atoms with van der Waals surface area (Å²) in [5, 5.41) is 0. The van der Waals surface area contributed by atoms with Crippen LogP contribution in [0.5, 0.6) is 0 Å². The van der Waals surface area contributed by atoms with E-state index in [1.165, 1.54) is 57.8 Å². The third-order valence-corrected chi connectivity index (χ3v) is 10.2. The molecule has 0 aromatic heterocycles. The fourth-order valence-electron chi connectivity index (χ4n) is 8.48. The standard InChI is InChI=1S/C23H42N2.2ClH/c1-15(25(4)5)19-8-9-20-18-7-6-16-14-17(24)10-12-22(16,2)21(18)11-13-23(19,20)3;;/h15-21H,6-14,24H2,1-5H3;2*1H/t15-,16-,17-,18-,19+,20-,21-,22-,23+;;/m0../s1. The largest absolute Gasteiger partial charge is 0.328 e. The van der Waals surface area contributed by atoms with Gasteiger partial charge in [-0.05, 0) is 119 Å². The first kappa shape index (κ1) is 23.8. The van der Waals surface area contributed by atoms with Crippen molar-refractivity contribution < 1.29 is 0 Å². The molecule has 0 saturated heterocycles. The lowest BCUT2D eigenvalue weighted by Gasteiger charge is -2.61. The molecule has 0 heterocycles. The zero-order chi connectivity index (χ0) is 18.0. The van der Waals surface area contributed by atoms with Crippen molar-refractivity contribution in [2.75, 3.05) is 14.1 Å². The van der Waals surface area contributed by atoms with Crippen molar-refractivity contribution in [1.82, 2.24) is 4.90 Å². The Morgan fingerprint density at radius 2 is 1.48 bits per heavy atom. The molecule has 0 radical (unpaired) electrons. The number of nitrogens with zero attached hydrogens (tertiary/aromatic N) is 1. The first-order valence-corrected chi connectivity index (χ1v) is 11.2. The van der Waals surface area contributed by atoms with E-state index in [-0.39, 0.29) is 24.8 Å². The smallest absolute Gasteiger partial charge is 0.00944 e. The minimum absolute atomic E-state index is 0. The zero-order valence-electron chi connectivity index (χ0n) is 18.2. The lowest BCUT2D eigenvalue weighted by atomic mass is 9.44. The minimum atomic E-state index is 0. The molecule has 0 spiro atoms. The van der Waals surface area contributed by atoms with E-state index >= 15 is 0 Å². The summed E-state index contributed by atoms with van der Waals surface area (Å²) in [7, 11) is 4.56. The molecule has 0 aromatic carbocycles. The van der Waals surface area contributed by atoms with E-state index in [1.54, 1.807) is 0 Å². The summed E-state index contributed by atoms with van der Waals surface area (Å²) in [4.78, 5) is 2.48. The third-order valence-electron chi connectivity index (χ3n) is 10.2. The predicted octanol–water partition coefficient (Wildman–Crippen LogP) is 5.77. The molecule has 9 atom stereocenters. The molecule has 4 heteroatoms. The minimum Gasteiger partial charge on any atom is -0.328 e. The molecular formula is C23H44Cl2N2. The van der Waals surface area contributed by atoms with Gasteiger partial charge in [-0.2, -0.15) is 0 Å². The quantitative estimate of drug-likeness (QED) is 0.616. The lowest BCUT2D eigenvalue weighted by Crippen LogP contribution is -2.55. The second kappa shape index (κ2) is 8.32. The predicted molar refractivity (Wildman–Crippen MR) is 121 cm³/mol. The van der Waals surface area contributed by atoms with Gasteiger partial charge in [0.25, 0.3) is 0 Å². The fraction of sp³-hybridized carbons (Fsp3) is 1.00. The topological polar surface area (TPSA) is 29.3 Å². The number of nitrogens with two attached hydrogens (primary N) is 1. The Bertz CT molecular complexity index is 513. The maximum atomic E-state index is 6.35. The van der Waals surface area contributed by atoms with Crippen molar-refractivity contribution >= 4 is 24.8 Å². The van der Waals surface area contributed by atoms with Crippen LogP contribution in [0.3, 0.4) is 0 Å². The maximum absolute atomic E-state index is 6.35. The van der Waals surface area contributed by atoms with E-state index in [2.05, 4.69) is 39.8 Å². The van der Waals surface area contributed by atoms with Gasteiger partial charge in [-0.15, -0.1) is 24.8 Å². The van der Waals surface area contributed by atoms with Crippen LogP contribution in [0, 0.1) is 40.4 Å². The Hall–Kier alpha value is 0.500. The molecule has 0 unspecified atom stereocenters. The van der Waals surface area contributed by atoms with Crippen molar-refractivity contribution in [2.24, 2.45) is 46.2 Å². The number of hydrogen-bond acceptors (Lipinski definition) is 2. The molecule has 4 rings (SSSR count). The molecule has 2 N–H and O–H groups in total. The summed E-state index contributed by atoms with van der Waals surface area (Å²) in [6.45, 7) is 7.82. The molecule has 4 aliphatic carbocycles. The third kappa shape index (κ3) is 3.60. The maximum Gasteiger partial charge on any atom is 0.00944 e. The van der Waals surface area contributed by atoms with E-state index in [4.69, 9.17) is 5.73 Å². The second-order valence-electron chi connectivity index (χ2n) is 11.1. The molecule has 0 amide bonds. The van der Waals surface area contributed by atoms with Gasteiger partial charge in [-0.25, -0.2) is 0 Å². The Morgan fingerprint density at radius 1 is 0.852 bits per heavy atom. The number of hydrogen-bond donors (Lipinski definition) is 1. The number of rotatable bonds is 2. The molecule has 4 saturated carbocycles. The van der Waals surface area contributed by atoms with Gasteiger partial charge in [0.15, 0.2) is 0 Å². The molecule has 4 aliphatic rings. The zero-order valence-corrected chi connectivity index (χ0v) is 19.9. The molecule has 0 aromatic rings. The Labute approximate surface area is 180 Å². The van der Waals surface area contributed by atoms with Gasteiger partial charge in [0.2, 0.25) is 0 Å². The Kier molecular flexibility index (Phi) is 7.33. The molecule has 4 fully saturated rings. The monoisotopic (exact) mass is 418 g/mol. The van der Waals surface area contributed by atoms with Crippen molar-refractivity contribution in [1.29, 1.82) is 0 Å². The van der Waals surface area contributed by atoms with Crippen LogP contribution >= 0.6 is 24.8 Å². The van der Waals surface area contributed by atoms with E-state index in [1.807, 2.05) is 0 Å². The second-order valence-corrected chi connectivity index (χ2v) is 11.1.